The fourth-order valence-corrected chi connectivity index (χ4v) is 3.49. The van der Waals surface area contributed by atoms with Gasteiger partial charge in [0.15, 0.2) is 0 Å². The third kappa shape index (κ3) is 4.09. The van der Waals surface area contributed by atoms with Gasteiger partial charge in [-0.25, -0.2) is 14.0 Å². The number of likely N-dealkylation sites (tertiary alicyclic amines) is 1. The number of alkyl halides is 3. The molecule has 158 valence electrons. The van der Waals surface area contributed by atoms with E-state index in [-0.39, 0.29) is 31.0 Å². The SMILES string of the molecule is O=C1NC2(CO1)CN(C(=O)O[C@H]1C[C@@H](OCc3ccc(C(F)(F)F)cc3F)C1)C2. The highest BCUT2D eigenvalue weighted by atomic mass is 19.4. The van der Waals surface area contributed by atoms with Gasteiger partial charge >= 0.3 is 18.4 Å². The molecule has 7 nitrogen and oxygen atoms in total. The van der Waals surface area contributed by atoms with Crippen molar-refractivity contribution in [2.45, 2.75) is 43.4 Å². The van der Waals surface area contributed by atoms with Crippen molar-refractivity contribution in [3.8, 4) is 0 Å². The van der Waals surface area contributed by atoms with Crippen LogP contribution in [0.5, 0.6) is 0 Å². The van der Waals surface area contributed by atoms with E-state index in [1.807, 2.05) is 0 Å². The number of rotatable bonds is 4. The van der Waals surface area contributed by atoms with Gasteiger partial charge in [0.2, 0.25) is 0 Å². The summed E-state index contributed by atoms with van der Waals surface area (Å²) in [6.45, 7) is 0.688. The molecule has 2 amide bonds. The monoisotopic (exact) mass is 418 g/mol. The second-order valence-corrected chi connectivity index (χ2v) is 7.55. The summed E-state index contributed by atoms with van der Waals surface area (Å²) in [6.07, 6.45) is -5.34. The molecular formula is C18H18F4N2O5. The Bertz CT molecular complexity index is 819. The Labute approximate surface area is 162 Å². The van der Waals surface area contributed by atoms with E-state index < -0.39 is 35.3 Å². The average Bonchev–Trinajstić information content (AvgIpc) is 2.97. The topological polar surface area (TPSA) is 77.1 Å². The van der Waals surface area contributed by atoms with E-state index in [4.69, 9.17) is 14.2 Å². The first-order valence-corrected chi connectivity index (χ1v) is 9.01. The maximum atomic E-state index is 13.8. The molecule has 11 heteroatoms. The number of hydrogen-bond donors (Lipinski definition) is 1. The van der Waals surface area contributed by atoms with Crippen molar-refractivity contribution in [2.24, 2.45) is 0 Å². The summed E-state index contributed by atoms with van der Waals surface area (Å²) in [5, 5.41) is 2.66. The maximum absolute atomic E-state index is 13.8. The fraction of sp³-hybridized carbons (Fsp3) is 0.556. The van der Waals surface area contributed by atoms with Crippen LogP contribution < -0.4 is 5.32 Å². The molecule has 0 radical (unpaired) electrons. The Balaban J connectivity index is 1.17. The minimum Gasteiger partial charge on any atom is -0.447 e. The number of benzene rings is 1. The highest BCUT2D eigenvalue weighted by molar-refractivity contribution is 5.74. The number of cyclic esters (lactones) is 1. The van der Waals surface area contributed by atoms with Gasteiger partial charge in [-0.15, -0.1) is 0 Å². The minimum absolute atomic E-state index is 0.0325. The molecule has 1 aromatic rings. The Morgan fingerprint density at radius 1 is 1.28 bits per heavy atom. The summed E-state index contributed by atoms with van der Waals surface area (Å²) < 4.78 is 67.1. The summed E-state index contributed by atoms with van der Waals surface area (Å²) in [5.74, 6) is -0.975. The van der Waals surface area contributed by atoms with Gasteiger partial charge in [0.05, 0.1) is 31.4 Å². The molecule has 2 aliphatic heterocycles. The molecule has 1 aromatic carbocycles. The number of nitrogens with zero attached hydrogens (tertiary/aromatic N) is 1. The molecule has 2 heterocycles. The Hall–Kier alpha value is -2.56. The van der Waals surface area contributed by atoms with Crippen molar-refractivity contribution in [1.82, 2.24) is 10.2 Å². The van der Waals surface area contributed by atoms with Gasteiger partial charge in [0, 0.05) is 18.4 Å². The molecule has 3 fully saturated rings. The fourth-order valence-electron chi connectivity index (χ4n) is 3.49. The highest BCUT2D eigenvalue weighted by Gasteiger charge is 2.52. The quantitative estimate of drug-likeness (QED) is 0.761. The standard InChI is InChI=1S/C18H18F4N2O5/c19-14-3-11(18(20,21)22)2-1-10(14)6-27-12-4-13(5-12)29-16(26)24-7-17(8-24)9-28-15(25)23-17/h1-3,12-13H,4-9H2,(H,23,25)/t12-,13+. The second kappa shape index (κ2) is 7.05. The Kier molecular flexibility index (Phi) is 4.80. The number of carbonyl (C=O) groups excluding carboxylic acids is 2. The van der Waals surface area contributed by atoms with Gasteiger partial charge in [-0.1, -0.05) is 6.07 Å². The molecule has 2 saturated heterocycles. The number of halogens is 4. The van der Waals surface area contributed by atoms with Crippen LogP contribution in [0, 0.1) is 5.82 Å². The third-order valence-corrected chi connectivity index (χ3v) is 5.27. The minimum atomic E-state index is -4.60. The maximum Gasteiger partial charge on any atom is 0.416 e. The van der Waals surface area contributed by atoms with Crippen molar-refractivity contribution < 1.29 is 41.4 Å². The van der Waals surface area contributed by atoms with E-state index in [0.29, 0.717) is 32.0 Å². The van der Waals surface area contributed by atoms with E-state index in [1.165, 1.54) is 4.90 Å². The molecule has 1 saturated carbocycles. The molecular weight excluding hydrogens is 400 g/mol. The first-order valence-electron chi connectivity index (χ1n) is 9.01. The van der Waals surface area contributed by atoms with Gasteiger partial charge in [-0.3, -0.25) is 0 Å². The van der Waals surface area contributed by atoms with Crippen molar-refractivity contribution in [3.05, 3.63) is 35.1 Å². The van der Waals surface area contributed by atoms with E-state index in [1.54, 1.807) is 0 Å². The molecule has 1 spiro atoms. The van der Waals surface area contributed by atoms with Crippen LogP contribution in [0.4, 0.5) is 27.2 Å². The molecule has 4 rings (SSSR count). The van der Waals surface area contributed by atoms with Crippen molar-refractivity contribution in [3.63, 3.8) is 0 Å². The van der Waals surface area contributed by atoms with Gasteiger partial charge < -0.3 is 24.4 Å². The second-order valence-electron chi connectivity index (χ2n) is 7.55. The lowest BCUT2D eigenvalue weighted by Crippen LogP contribution is -2.70. The molecule has 1 aliphatic carbocycles. The number of alkyl carbamates (subject to hydrolysis) is 1. The van der Waals surface area contributed by atoms with E-state index in [0.717, 1.165) is 12.1 Å². The van der Waals surface area contributed by atoms with Crippen LogP contribution >= 0.6 is 0 Å². The van der Waals surface area contributed by atoms with Crippen molar-refractivity contribution in [2.75, 3.05) is 19.7 Å². The summed E-state index contributed by atoms with van der Waals surface area (Å²) in [6, 6.07) is 2.31. The number of carbonyl (C=O) groups is 2. The molecule has 1 N–H and O–H groups in total. The third-order valence-electron chi connectivity index (χ3n) is 5.27. The number of ether oxygens (including phenoxy) is 3. The number of hydrogen-bond acceptors (Lipinski definition) is 5. The normalized spacial score (nSPS) is 25.1. The lowest BCUT2D eigenvalue weighted by atomic mass is 9.91. The smallest absolute Gasteiger partial charge is 0.416 e. The molecule has 0 atom stereocenters. The van der Waals surface area contributed by atoms with Crippen LogP contribution in [0.1, 0.15) is 24.0 Å². The average molecular weight is 418 g/mol. The van der Waals surface area contributed by atoms with E-state index in [2.05, 4.69) is 5.32 Å². The Morgan fingerprint density at radius 2 is 2.00 bits per heavy atom. The van der Waals surface area contributed by atoms with Crippen LogP contribution in [-0.2, 0) is 27.0 Å². The molecule has 0 bridgehead atoms. The summed E-state index contributed by atoms with van der Waals surface area (Å²) in [7, 11) is 0. The largest absolute Gasteiger partial charge is 0.447 e. The molecule has 0 unspecified atom stereocenters. The summed E-state index contributed by atoms with van der Waals surface area (Å²) in [4.78, 5) is 24.6. The van der Waals surface area contributed by atoms with E-state index >= 15 is 0 Å². The zero-order valence-corrected chi connectivity index (χ0v) is 15.1. The van der Waals surface area contributed by atoms with Gasteiger partial charge in [-0.05, 0) is 12.1 Å². The predicted octanol–water partition coefficient (Wildman–Crippen LogP) is 2.82. The lowest BCUT2D eigenvalue weighted by Gasteiger charge is -2.46. The lowest BCUT2D eigenvalue weighted by molar-refractivity contribution is -0.137. The molecule has 29 heavy (non-hydrogen) atoms. The first-order chi connectivity index (χ1) is 13.6. The summed E-state index contributed by atoms with van der Waals surface area (Å²) >= 11 is 0. The molecule has 3 aliphatic rings. The van der Waals surface area contributed by atoms with Crippen molar-refractivity contribution >= 4 is 12.2 Å². The van der Waals surface area contributed by atoms with Crippen LogP contribution in [-0.4, -0.2) is 54.5 Å². The van der Waals surface area contributed by atoms with Crippen LogP contribution in [0.2, 0.25) is 0 Å². The summed E-state index contributed by atoms with van der Waals surface area (Å²) in [5.41, 5.74) is -1.54. The van der Waals surface area contributed by atoms with Crippen LogP contribution in [0.3, 0.4) is 0 Å². The zero-order chi connectivity index (χ0) is 20.8. The van der Waals surface area contributed by atoms with Gasteiger partial charge in [0.1, 0.15) is 24.1 Å². The first kappa shape index (κ1) is 19.7. The highest BCUT2D eigenvalue weighted by Crippen LogP contribution is 2.32. The number of amides is 2. The van der Waals surface area contributed by atoms with Gasteiger partial charge in [-0.2, -0.15) is 13.2 Å². The van der Waals surface area contributed by atoms with Crippen LogP contribution in [0.25, 0.3) is 0 Å². The number of nitrogens with one attached hydrogen (secondary N) is 1. The predicted molar refractivity (Wildman–Crippen MR) is 88.3 cm³/mol. The van der Waals surface area contributed by atoms with Gasteiger partial charge in [0.25, 0.3) is 0 Å². The molecule has 0 aromatic heterocycles. The van der Waals surface area contributed by atoms with Crippen molar-refractivity contribution in [1.29, 1.82) is 0 Å². The van der Waals surface area contributed by atoms with E-state index in [9.17, 15) is 27.2 Å². The zero-order valence-electron chi connectivity index (χ0n) is 15.1. The Morgan fingerprint density at radius 3 is 2.59 bits per heavy atom. The van der Waals surface area contributed by atoms with Crippen LogP contribution in [0.15, 0.2) is 18.2 Å².